The summed E-state index contributed by atoms with van der Waals surface area (Å²) in [5.74, 6) is 0.805. The van der Waals surface area contributed by atoms with Gasteiger partial charge in [0.25, 0.3) is 0 Å². The molecule has 4 nitrogen and oxygen atoms in total. The van der Waals surface area contributed by atoms with Crippen molar-refractivity contribution in [2.75, 3.05) is 20.6 Å². The van der Waals surface area contributed by atoms with Crippen LogP contribution in [0.2, 0.25) is 5.02 Å². The Morgan fingerprint density at radius 2 is 1.69 bits per heavy atom. The topological polar surface area (TPSA) is 39.7 Å². The number of aliphatic imine (C=N–C) groups is 1. The second kappa shape index (κ2) is 12.1. The van der Waals surface area contributed by atoms with E-state index in [2.05, 4.69) is 65.8 Å². The fourth-order valence-electron chi connectivity index (χ4n) is 2.46. The first-order valence-corrected chi connectivity index (χ1v) is 8.94. The summed E-state index contributed by atoms with van der Waals surface area (Å²) in [6.07, 6.45) is 0. The fraction of sp³-hybridized carbons (Fsp3) is 0.350. The van der Waals surface area contributed by atoms with Gasteiger partial charge >= 0.3 is 0 Å². The molecule has 2 rings (SSSR count). The highest BCUT2D eigenvalue weighted by atomic mass is 127. The molecule has 0 fully saturated rings. The average molecular weight is 487 g/mol. The first-order chi connectivity index (χ1) is 12.1. The minimum atomic E-state index is 0. The Bertz CT molecular complexity index is 686. The number of guanidine groups is 1. The van der Waals surface area contributed by atoms with E-state index in [9.17, 15) is 0 Å². The zero-order valence-corrected chi connectivity index (χ0v) is 18.7. The predicted molar refractivity (Wildman–Crippen MR) is 122 cm³/mol. The van der Waals surface area contributed by atoms with Gasteiger partial charge in [0.1, 0.15) is 0 Å². The van der Waals surface area contributed by atoms with Gasteiger partial charge < -0.3 is 15.5 Å². The van der Waals surface area contributed by atoms with Crippen LogP contribution in [0.5, 0.6) is 0 Å². The monoisotopic (exact) mass is 486 g/mol. The largest absolute Gasteiger partial charge is 0.357 e. The Morgan fingerprint density at radius 3 is 2.31 bits per heavy atom. The summed E-state index contributed by atoms with van der Waals surface area (Å²) in [6, 6.07) is 16.5. The van der Waals surface area contributed by atoms with E-state index in [4.69, 9.17) is 11.6 Å². The molecule has 142 valence electrons. The predicted octanol–water partition coefficient (Wildman–Crippen LogP) is 4.27. The third kappa shape index (κ3) is 8.38. The minimum Gasteiger partial charge on any atom is -0.357 e. The maximum Gasteiger partial charge on any atom is 0.191 e. The van der Waals surface area contributed by atoms with Crippen molar-refractivity contribution in [3.63, 3.8) is 0 Å². The van der Waals surface area contributed by atoms with Crippen molar-refractivity contribution in [3.8, 4) is 0 Å². The Labute approximate surface area is 179 Å². The van der Waals surface area contributed by atoms with Crippen LogP contribution in [-0.2, 0) is 19.6 Å². The summed E-state index contributed by atoms with van der Waals surface area (Å²) in [7, 11) is 4.16. The molecule has 0 amide bonds. The van der Waals surface area contributed by atoms with Crippen LogP contribution in [0.1, 0.15) is 23.6 Å². The summed E-state index contributed by atoms with van der Waals surface area (Å²) in [4.78, 5) is 6.79. The molecule has 2 aromatic carbocycles. The number of rotatable bonds is 7. The molecule has 0 unspecified atom stereocenters. The quantitative estimate of drug-likeness (QED) is 0.349. The van der Waals surface area contributed by atoms with Crippen molar-refractivity contribution in [1.82, 2.24) is 15.5 Å². The van der Waals surface area contributed by atoms with Crippen molar-refractivity contribution < 1.29 is 0 Å². The van der Waals surface area contributed by atoms with Gasteiger partial charge in [-0.1, -0.05) is 48.0 Å². The average Bonchev–Trinajstić information content (AvgIpc) is 2.58. The number of nitrogens with zero attached hydrogens (tertiary/aromatic N) is 2. The third-order valence-electron chi connectivity index (χ3n) is 3.63. The lowest BCUT2D eigenvalue weighted by Gasteiger charge is -2.13. The Kier molecular flexibility index (Phi) is 10.6. The van der Waals surface area contributed by atoms with Gasteiger partial charge in [-0.15, -0.1) is 24.0 Å². The van der Waals surface area contributed by atoms with Gasteiger partial charge in [0.05, 0.1) is 6.54 Å². The van der Waals surface area contributed by atoms with E-state index in [-0.39, 0.29) is 24.0 Å². The zero-order chi connectivity index (χ0) is 18.1. The molecule has 0 radical (unpaired) electrons. The molecular weight excluding hydrogens is 459 g/mol. The van der Waals surface area contributed by atoms with Crippen LogP contribution >= 0.6 is 35.6 Å². The molecule has 0 saturated heterocycles. The maximum absolute atomic E-state index is 6.02. The molecule has 0 heterocycles. The summed E-state index contributed by atoms with van der Waals surface area (Å²) in [5, 5.41) is 7.39. The second-order valence-electron chi connectivity index (χ2n) is 6.23. The van der Waals surface area contributed by atoms with Crippen LogP contribution in [0.15, 0.2) is 53.5 Å². The number of nitrogens with one attached hydrogen (secondary N) is 2. The zero-order valence-electron chi connectivity index (χ0n) is 15.6. The van der Waals surface area contributed by atoms with Crippen LogP contribution < -0.4 is 10.6 Å². The van der Waals surface area contributed by atoms with Gasteiger partial charge in [-0.05, 0) is 49.8 Å². The van der Waals surface area contributed by atoms with Crippen LogP contribution in [0.4, 0.5) is 0 Å². The van der Waals surface area contributed by atoms with E-state index in [0.717, 1.165) is 36.2 Å². The molecule has 0 saturated carbocycles. The molecule has 26 heavy (non-hydrogen) atoms. The van der Waals surface area contributed by atoms with Crippen molar-refractivity contribution in [1.29, 1.82) is 0 Å². The molecule has 2 aromatic rings. The van der Waals surface area contributed by atoms with Gasteiger partial charge in [0.2, 0.25) is 0 Å². The summed E-state index contributed by atoms with van der Waals surface area (Å²) >= 11 is 6.02. The Morgan fingerprint density at radius 1 is 1.00 bits per heavy atom. The first kappa shape index (κ1) is 22.7. The van der Waals surface area contributed by atoms with E-state index >= 15 is 0 Å². The highest BCUT2D eigenvalue weighted by Gasteiger charge is 2.00. The normalized spacial score (nSPS) is 11.2. The highest BCUT2D eigenvalue weighted by Crippen LogP contribution is 2.11. The summed E-state index contributed by atoms with van der Waals surface area (Å²) in [6.45, 7) is 5.18. The Hall–Kier alpha value is -1.31. The smallest absolute Gasteiger partial charge is 0.191 e. The molecule has 0 aliphatic heterocycles. The fourth-order valence-corrected chi connectivity index (χ4v) is 2.67. The first-order valence-electron chi connectivity index (χ1n) is 8.56. The van der Waals surface area contributed by atoms with Crippen molar-refractivity contribution in [2.24, 2.45) is 4.99 Å². The molecule has 0 spiro atoms. The molecular formula is C20H28ClIN4. The van der Waals surface area contributed by atoms with Crippen molar-refractivity contribution >= 4 is 41.5 Å². The molecule has 0 bridgehead atoms. The standard InChI is InChI=1S/C20H27ClN4.HI/c1-4-22-20(24-14-18-6-5-7-19(21)12-18)23-13-16-8-10-17(11-9-16)15-25(2)3;/h5-12H,4,13-15H2,1-3H3,(H2,22,23,24);1H. The lowest BCUT2D eigenvalue weighted by Crippen LogP contribution is -2.36. The van der Waals surface area contributed by atoms with Crippen LogP contribution in [0.25, 0.3) is 0 Å². The summed E-state index contributed by atoms with van der Waals surface area (Å²) in [5.41, 5.74) is 3.64. The summed E-state index contributed by atoms with van der Waals surface area (Å²) < 4.78 is 0. The molecule has 0 aromatic heterocycles. The van der Waals surface area contributed by atoms with Crippen LogP contribution in [0.3, 0.4) is 0 Å². The van der Waals surface area contributed by atoms with E-state index in [0.29, 0.717) is 6.54 Å². The molecule has 0 aliphatic rings. The number of halogens is 2. The van der Waals surface area contributed by atoms with E-state index in [1.165, 1.54) is 11.1 Å². The third-order valence-corrected chi connectivity index (χ3v) is 3.87. The van der Waals surface area contributed by atoms with Crippen molar-refractivity contribution in [2.45, 2.75) is 26.6 Å². The van der Waals surface area contributed by atoms with Gasteiger partial charge in [-0.3, -0.25) is 0 Å². The molecule has 2 N–H and O–H groups in total. The van der Waals surface area contributed by atoms with Crippen molar-refractivity contribution in [3.05, 3.63) is 70.2 Å². The highest BCUT2D eigenvalue weighted by molar-refractivity contribution is 14.0. The van der Waals surface area contributed by atoms with E-state index in [1.54, 1.807) is 0 Å². The number of hydrogen-bond donors (Lipinski definition) is 2. The van der Waals surface area contributed by atoms with Gasteiger partial charge in [-0.25, -0.2) is 4.99 Å². The van der Waals surface area contributed by atoms with Crippen LogP contribution in [-0.4, -0.2) is 31.5 Å². The lowest BCUT2D eigenvalue weighted by atomic mass is 10.1. The van der Waals surface area contributed by atoms with Gasteiger partial charge in [0, 0.05) is 24.7 Å². The molecule has 0 aliphatic carbocycles. The van der Waals surface area contributed by atoms with E-state index < -0.39 is 0 Å². The lowest BCUT2D eigenvalue weighted by molar-refractivity contribution is 0.402. The number of hydrogen-bond acceptors (Lipinski definition) is 2. The molecule has 0 atom stereocenters. The Balaban J connectivity index is 0.00000338. The maximum atomic E-state index is 6.02. The van der Waals surface area contributed by atoms with E-state index in [1.807, 2.05) is 24.3 Å². The van der Waals surface area contributed by atoms with Gasteiger partial charge in [0.15, 0.2) is 5.96 Å². The second-order valence-corrected chi connectivity index (χ2v) is 6.67. The minimum absolute atomic E-state index is 0. The number of benzene rings is 2. The van der Waals surface area contributed by atoms with Gasteiger partial charge in [-0.2, -0.15) is 0 Å². The molecule has 6 heteroatoms. The van der Waals surface area contributed by atoms with Crippen LogP contribution in [0, 0.1) is 0 Å². The SMILES string of the molecule is CCNC(=NCc1cccc(Cl)c1)NCc1ccc(CN(C)C)cc1.I.